The van der Waals surface area contributed by atoms with E-state index in [0.717, 1.165) is 24.0 Å². The molecular weight excluding hydrogens is 432 g/mol. The molecule has 1 fully saturated rings. The van der Waals surface area contributed by atoms with Crippen molar-refractivity contribution in [2.45, 2.75) is 83.8 Å². The SMILES string of the molecule is CC[C@H](C(=O)NC1CCCCC1)N(Cc1ccccc1C)C(=O)CCc1cccc2ccccc12. The molecule has 1 saturated carbocycles. The van der Waals surface area contributed by atoms with Gasteiger partial charge in [-0.15, -0.1) is 0 Å². The van der Waals surface area contributed by atoms with E-state index in [1.165, 1.54) is 35.6 Å². The molecule has 0 aliphatic heterocycles. The molecule has 2 amide bonds. The van der Waals surface area contributed by atoms with Crippen molar-refractivity contribution in [1.82, 2.24) is 10.2 Å². The highest BCUT2D eigenvalue weighted by atomic mass is 16.2. The molecule has 184 valence electrons. The zero-order chi connectivity index (χ0) is 24.6. The van der Waals surface area contributed by atoms with E-state index in [-0.39, 0.29) is 17.9 Å². The van der Waals surface area contributed by atoms with Gasteiger partial charge in [-0.05, 0) is 60.1 Å². The molecule has 4 heteroatoms. The van der Waals surface area contributed by atoms with Crippen LogP contribution in [0.5, 0.6) is 0 Å². The summed E-state index contributed by atoms with van der Waals surface area (Å²) in [6.07, 6.45) is 7.29. The van der Waals surface area contributed by atoms with E-state index in [2.05, 4.69) is 54.7 Å². The van der Waals surface area contributed by atoms with Crippen LogP contribution in [0, 0.1) is 6.92 Å². The van der Waals surface area contributed by atoms with Crippen molar-refractivity contribution in [3.63, 3.8) is 0 Å². The Labute approximate surface area is 209 Å². The molecule has 0 spiro atoms. The van der Waals surface area contributed by atoms with Gasteiger partial charge in [0.1, 0.15) is 6.04 Å². The Balaban J connectivity index is 1.54. The molecular formula is C31H38N2O2. The monoisotopic (exact) mass is 470 g/mol. The number of carbonyl (C=O) groups is 2. The fourth-order valence-corrected chi connectivity index (χ4v) is 5.33. The maximum Gasteiger partial charge on any atom is 0.243 e. The highest BCUT2D eigenvalue weighted by molar-refractivity contribution is 5.89. The molecule has 3 aromatic carbocycles. The van der Waals surface area contributed by atoms with Crippen LogP contribution >= 0.6 is 0 Å². The summed E-state index contributed by atoms with van der Waals surface area (Å²) >= 11 is 0. The largest absolute Gasteiger partial charge is 0.352 e. The third kappa shape index (κ3) is 6.30. The number of nitrogens with one attached hydrogen (secondary N) is 1. The number of nitrogens with zero attached hydrogens (tertiary/aromatic N) is 1. The maximum atomic E-state index is 13.7. The van der Waals surface area contributed by atoms with Crippen molar-refractivity contribution >= 4 is 22.6 Å². The second kappa shape index (κ2) is 12.0. The standard InChI is InChI=1S/C31H38N2O2/c1-3-29(31(35)32-27-17-5-4-6-18-27)33(22-26-14-8-7-12-23(26)2)30(34)21-20-25-16-11-15-24-13-9-10-19-28(24)25/h7-16,19,27,29H,3-6,17-18,20-22H2,1-2H3,(H,32,35)/t29-/m1/s1. The number of benzene rings is 3. The van der Waals surface area contributed by atoms with Gasteiger partial charge < -0.3 is 10.2 Å². The third-order valence-electron chi connectivity index (χ3n) is 7.43. The Morgan fingerprint density at radius 2 is 1.60 bits per heavy atom. The van der Waals surface area contributed by atoms with Gasteiger partial charge in [-0.1, -0.05) is 92.9 Å². The van der Waals surface area contributed by atoms with Crippen LogP contribution < -0.4 is 5.32 Å². The topological polar surface area (TPSA) is 49.4 Å². The highest BCUT2D eigenvalue weighted by Crippen LogP contribution is 2.23. The lowest BCUT2D eigenvalue weighted by Gasteiger charge is -2.33. The summed E-state index contributed by atoms with van der Waals surface area (Å²) in [6, 6.07) is 22.5. The molecule has 0 aromatic heterocycles. The molecule has 0 bridgehead atoms. The van der Waals surface area contributed by atoms with Crippen molar-refractivity contribution < 1.29 is 9.59 Å². The number of hydrogen-bond donors (Lipinski definition) is 1. The summed E-state index contributed by atoms with van der Waals surface area (Å²) in [4.78, 5) is 28.9. The third-order valence-corrected chi connectivity index (χ3v) is 7.43. The Morgan fingerprint density at radius 1 is 0.914 bits per heavy atom. The minimum absolute atomic E-state index is 0.00787. The molecule has 0 heterocycles. The molecule has 1 aliphatic rings. The predicted molar refractivity (Wildman–Crippen MR) is 143 cm³/mol. The van der Waals surface area contributed by atoms with Gasteiger partial charge in [-0.2, -0.15) is 0 Å². The van der Waals surface area contributed by atoms with Gasteiger partial charge in [0.05, 0.1) is 0 Å². The Hall–Kier alpha value is -3.14. The predicted octanol–water partition coefficient (Wildman–Crippen LogP) is 6.34. The van der Waals surface area contributed by atoms with Gasteiger partial charge in [-0.25, -0.2) is 0 Å². The van der Waals surface area contributed by atoms with E-state index in [4.69, 9.17) is 0 Å². The first-order valence-corrected chi connectivity index (χ1v) is 13.2. The molecule has 1 aliphatic carbocycles. The molecule has 0 saturated heterocycles. The van der Waals surface area contributed by atoms with Crippen LogP contribution in [0.15, 0.2) is 66.7 Å². The van der Waals surface area contributed by atoms with Crippen molar-refractivity contribution in [3.05, 3.63) is 83.4 Å². The van der Waals surface area contributed by atoms with Gasteiger partial charge in [0.15, 0.2) is 0 Å². The summed E-state index contributed by atoms with van der Waals surface area (Å²) in [7, 11) is 0. The Kier molecular flexibility index (Phi) is 8.57. The quantitative estimate of drug-likeness (QED) is 0.397. The van der Waals surface area contributed by atoms with Crippen LogP contribution in [0.3, 0.4) is 0 Å². The van der Waals surface area contributed by atoms with Crippen molar-refractivity contribution in [2.75, 3.05) is 0 Å². The lowest BCUT2D eigenvalue weighted by Crippen LogP contribution is -2.51. The van der Waals surface area contributed by atoms with Gasteiger partial charge >= 0.3 is 0 Å². The van der Waals surface area contributed by atoms with Crippen molar-refractivity contribution in [3.8, 4) is 0 Å². The lowest BCUT2D eigenvalue weighted by atomic mass is 9.95. The van der Waals surface area contributed by atoms with Crippen LogP contribution in [-0.4, -0.2) is 28.8 Å². The molecule has 1 N–H and O–H groups in total. The summed E-state index contributed by atoms with van der Waals surface area (Å²) in [5, 5.41) is 5.65. The maximum absolute atomic E-state index is 13.7. The number of aryl methyl sites for hydroxylation is 2. The number of amides is 2. The first-order valence-electron chi connectivity index (χ1n) is 13.2. The fourth-order valence-electron chi connectivity index (χ4n) is 5.33. The van der Waals surface area contributed by atoms with Crippen LogP contribution in [0.1, 0.15) is 68.6 Å². The molecule has 0 unspecified atom stereocenters. The summed E-state index contributed by atoms with van der Waals surface area (Å²) in [5.41, 5.74) is 3.41. The van der Waals surface area contributed by atoms with E-state index in [0.29, 0.717) is 25.8 Å². The van der Waals surface area contributed by atoms with E-state index in [1.54, 1.807) is 0 Å². The van der Waals surface area contributed by atoms with Crippen LogP contribution in [-0.2, 0) is 22.6 Å². The average Bonchev–Trinajstić information content (AvgIpc) is 2.88. The highest BCUT2D eigenvalue weighted by Gasteiger charge is 2.30. The van der Waals surface area contributed by atoms with Crippen LogP contribution in [0.25, 0.3) is 10.8 Å². The summed E-state index contributed by atoms with van der Waals surface area (Å²) in [6.45, 7) is 4.53. The van der Waals surface area contributed by atoms with E-state index >= 15 is 0 Å². The summed E-state index contributed by atoms with van der Waals surface area (Å²) in [5.74, 6) is 0.0262. The van der Waals surface area contributed by atoms with Gasteiger partial charge in [0.25, 0.3) is 0 Å². The number of fused-ring (bicyclic) bond motifs is 1. The molecule has 0 radical (unpaired) electrons. The van der Waals surface area contributed by atoms with Gasteiger partial charge in [0, 0.05) is 19.0 Å². The molecule has 35 heavy (non-hydrogen) atoms. The molecule has 4 nitrogen and oxygen atoms in total. The number of hydrogen-bond acceptors (Lipinski definition) is 2. The number of rotatable bonds is 9. The average molecular weight is 471 g/mol. The Bertz CT molecular complexity index is 1140. The zero-order valence-electron chi connectivity index (χ0n) is 21.1. The van der Waals surface area contributed by atoms with Crippen LogP contribution in [0.4, 0.5) is 0 Å². The second-order valence-electron chi connectivity index (χ2n) is 9.85. The molecule has 3 aromatic rings. The lowest BCUT2D eigenvalue weighted by molar-refractivity contribution is -0.141. The minimum Gasteiger partial charge on any atom is -0.352 e. The first-order chi connectivity index (χ1) is 17.1. The smallest absolute Gasteiger partial charge is 0.243 e. The molecule has 1 atom stereocenters. The van der Waals surface area contributed by atoms with Gasteiger partial charge in [0.2, 0.25) is 11.8 Å². The second-order valence-corrected chi connectivity index (χ2v) is 9.85. The molecule has 4 rings (SSSR count). The Morgan fingerprint density at radius 3 is 2.37 bits per heavy atom. The van der Waals surface area contributed by atoms with E-state index in [1.807, 2.05) is 36.1 Å². The van der Waals surface area contributed by atoms with Gasteiger partial charge in [-0.3, -0.25) is 9.59 Å². The first kappa shape index (κ1) is 25.0. The van der Waals surface area contributed by atoms with Crippen molar-refractivity contribution in [1.29, 1.82) is 0 Å². The minimum atomic E-state index is -0.462. The fraction of sp³-hybridized carbons (Fsp3) is 0.419. The normalized spacial score (nSPS) is 15.0. The van der Waals surface area contributed by atoms with Crippen LogP contribution in [0.2, 0.25) is 0 Å². The van der Waals surface area contributed by atoms with Crippen molar-refractivity contribution in [2.24, 2.45) is 0 Å². The van der Waals surface area contributed by atoms with E-state index < -0.39 is 6.04 Å². The number of carbonyl (C=O) groups excluding carboxylic acids is 2. The van der Waals surface area contributed by atoms with E-state index in [9.17, 15) is 9.59 Å². The summed E-state index contributed by atoms with van der Waals surface area (Å²) < 4.78 is 0. The zero-order valence-corrected chi connectivity index (χ0v) is 21.1.